The predicted molar refractivity (Wildman–Crippen MR) is 68.4 cm³/mol. The predicted octanol–water partition coefficient (Wildman–Crippen LogP) is 1.83. The molecular formula is C14H21NO2. The fourth-order valence-electron chi connectivity index (χ4n) is 2.90. The van der Waals surface area contributed by atoms with Crippen LogP contribution in [0.15, 0.2) is 18.2 Å². The number of aliphatic hydroxyl groups excluding tert-OH is 1. The van der Waals surface area contributed by atoms with Crippen molar-refractivity contribution in [1.82, 2.24) is 5.32 Å². The lowest BCUT2D eigenvalue weighted by molar-refractivity contribution is 0.198. The van der Waals surface area contributed by atoms with Crippen molar-refractivity contribution in [2.45, 2.75) is 31.2 Å². The number of nitrogens with one attached hydrogen (secondary N) is 1. The third-order valence-corrected chi connectivity index (χ3v) is 3.90. The van der Waals surface area contributed by atoms with Gasteiger partial charge in [-0.15, -0.1) is 0 Å². The van der Waals surface area contributed by atoms with E-state index >= 15 is 0 Å². The Balaban J connectivity index is 2.46. The van der Waals surface area contributed by atoms with Gasteiger partial charge in [-0.2, -0.15) is 0 Å². The van der Waals surface area contributed by atoms with Crippen molar-refractivity contribution >= 4 is 0 Å². The summed E-state index contributed by atoms with van der Waals surface area (Å²) in [4.78, 5) is 0. The minimum Gasteiger partial charge on any atom is -0.497 e. The first-order valence-corrected chi connectivity index (χ1v) is 6.23. The van der Waals surface area contributed by atoms with Gasteiger partial charge >= 0.3 is 0 Å². The van der Waals surface area contributed by atoms with Crippen molar-refractivity contribution in [2.24, 2.45) is 0 Å². The van der Waals surface area contributed by atoms with E-state index in [4.69, 9.17) is 4.74 Å². The number of aryl methyl sites for hydroxylation is 1. The molecule has 17 heavy (non-hydrogen) atoms. The highest BCUT2D eigenvalue weighted by molar-refractivity contribution is 5.42. The highest BCUT2D eigenvalue weighted by Crippen LogP contribution is 2.39. The van der Waals surface area contributed by atoms with Crippen LogP contribution in [0.5, 0.6) is 5.75 Å². The van der Waals surface area contributed by atoms with Crippen LogP contribution in [0.1, 0.15) is 30.4 Å². The lowest BCUT2D eigenvalue weighted by Gasteiger charge is -2.39. The van der Waals surface area contributed by atoms with E-state index in [-0.39, 0.29) is 12.1 Å². The van der Waals surface area contributed by atoms with Gasteiger partial charge in [0.1, 0.15) is 5.75 Å². The number of methoxy groups -OCH3 is 1. The number of hydrogen-bond acceptors (Lipinski definition) is 3. The van der Waals surface area contributed by atoms with Crippen LogP contribution < -0.4 is 10.1 Å². The molecule has 1 atom stereocenters. The zero-order chi connectivity index (χ0) is 12.3. The molecule has 1 aromatic carbocycles. The standard InChI is InChI=1S/C14H21NO2/c1-15-14(8-9-16)7-3-4-11-5-6-12(17-2)10-13(11)14/h5-6,10,15-16H,3-4,7-9H2,1-2H3. The van der Waals surface area contributed by atoms with Gasteiger partial charge in [0.25, 0.3) is 0 Å². The monoisotopic (exact) mass is 235 g/mol. The summed E-state index contributed by atoms with van der Waals surface area (Å²) >= 11 is 0. The second kappa shape index (κ2) is 5.07. The van der Waals surface area contributed by atoms with Gasteiger partial charge in [0.15, 0.2) is 0 Å². The summed E-state index contributed by atoms with van der Waals surface area (Å²) in [6.45, 7) is 0.206. The Labute approximate surface area is 103 Å². The average molecular weight is 235 g/mol. The summed E-state index contributed by atoms with van der Waals surface area (Å²) in [5.41, 5.74) is 2.58. The van der Waals surface area contributed by atoms with Crippen LogP contribution in [0.25, 0.3) is 0 Å². The zero-order valence-electron chi connectivity index (χ0n) is 10.6. The zero-order valence-corrected chi connectivity index (χ0v) is 10.6. The van der Waals surface area contributed by atoms with E-state index in [1.165, 1.54) is 17.5 Å². The molecule has 0 aliphatic heterocycles. The van der Waals surface area contributed by atoms with E-state index in [2.05, 4.69) is 17.4 Å². The number of fused-ring (bicyclic) bond motifs is 1. The molecule has 0 saturated carbocycles. The molecular weight excluding hydrogens is 214 g/mol. The quantitative estimate of drug-likeness (QED) is 0.836. The van der Waals surface area contributed by atoms with Crippen molar-refractivity contribution in [2.75, 3.05) is 20.8 Å². The summed E-state index contributed by atoms with van der Waals surface area (Å²) in [5.74, 6) is 0.892. The molecule has 94 valence electrons. The largest absolute Gasteiger partial charge is 0.497 e. The van der Waals surface area contributed by atoms with Crippen LogP contribution in [0.3, 0.4) is 0 Å². The SMILES string of the molecule is CNC1(CCO)CCCc2ccc(OC)cc21. The third kappa shape index (κ3) is 2.17. The molecule has 1 unspecified atom stereocenters. The lowest BCUT2D eigenvalue weighted by Crippen LogP contribution is -2.43. The molecule has 2 rings (SSSR count). The van der Waals surface area contributed by atoms with Gasteiger partial charge in [0.2, 0.25) is 0 Å². The van der Waals surface area contributed by atoms with Gasteiger partial charge in [-0.3, -0.25) is 0 Å². The second-order valence-corrected chi connectivity index (χ2v) is 4.68. The molecule has 0 saturated heterocycles. The van der Waals surface area contributed by atoms with Crippen LogP contribution >= 0.6 is 0 Å². The Kier molecular flexibility index (Phi) is 3.69. The van der Waals surface area contributed by atoms with Crippen molar-refractivity contribution < 1.29 is 9.84 Å². The van der Waals surface area contributed by atoms with E-state index in [0.717, 1.165) is 25.0 Å². The summed E-state index contributed by atoms with van der Waals surface area (Å²) < 4.78 is 5.31. The van der Waals surface area contributed by atoms with Crippen LogP contribution in [-0.4, -0.2) is 25.9 Å². The van der Waals surface area contributed by atoms with Crippen molar-refractivity contribution in [3.8, 4) is 5.75 Å². The first-order valence-electron chi connectivity index (χ1n) is 6.23. The van der Waals surface area contributed by atoms with Crippen molar-refractivity contribution in [3.63, 3.8) is 0 Å². The maximum absolute atomic E-state index is 9.30. The maximum atomic E-state index is 9.30. The van der Waals surface area contributed by atoms with Gasteiger partial charge in [0.05, 0.1) is 7.11 Å². The van der Waals surface area contributed by atoms with Crippen molar-refractivity contribution in [3.05, 3.63) is 29.3 Å². The number of hydrogen-bond donors (Lipinski definition) is 2. The van der Waals surface area contributed by atoms with E-state index in [9.17, 15) is 5.11 Å². The smallest absolute Gasteiger partial charge is 0.119 e. The van der Waals surface area contributed by atoms with E-state index < -0.39 is 0 Å². The summed E-state index contributed by atoms with van der Waals surface area (Å²) in [5, 5.41) is 12.7. The molecule has 0 aromatic heterocycles. The lowest BCUT2D eigenvalue weighted by atomic mass is 9.74. The Bertz CT molecular complexity index is 392. The summed E-state index contributed by atoms with van der Waals surface area (Å²) in [6, 6.07) is 6.28. The summed E-state index contributed by atoms with van der Waals surface area (Å²) in [6.07, 6.45) is 4.11. The topological polar surface area (TPSA) is 41.5 Å². The average Bonchev–Trinajstić information content (AvgIpc) is 2.39. The minimum absolute atomic E-state index is 0.0864. The Morgan fingerprint density at radius 3 is 2.94 bits per heavy atom. The molecule has 0 amide bonds. The number of rotatable bonds is 4. The van der Waals surface area contributed by atoms with Gasteiger partial charge in [0, 0.05) is 12.1 Å². The molecule has 0 spiro atoms. The van der Waals surface area contributed by atoms with Gasteiger partial charge in [-0.05, 0) is 56.0 Å². The van der Waals surface area contributed by atoms with Crippen LogP contribution in [0.4, 0.5) is 0 Å². The number of ether oxygens (including phenoxy) is 1. The Morgan fingerprint density at radius 1 is 1.47 bits per heavy atom. The van der Waals surface area contributed by atoms with Gasteiger partial charge in [-0.1, -0.05) is 6.07 Å². The number of benzene rings is 1. The Morgan fingerprint density at radius 2 is 2.29 bits per heavy atom. The molecule has 3 heteroatoms. The number of aliphatic hydroxyl groups is 1. The molecule has 1 aliphatic carbocycles. The van der Waals surface area contributed by atoms with E-state index in [1.807, 2.05) is 13.1 Å². The molecule has 3 nitrogen and oxygen atoms in total. The molecule has 1 aromatic rings. The fourth-order valence-corrected chi connectivity index (χ4v) is 2.90. The minimum atomic E-state index is -0.0864. The van der Waals surface area contributed by atoms with Gasteiger partial charge in [-0.25, -0.2) is 0 Å². The third-order valence-electron chi connectivity index (χ3n) is 3.90. The second-order valence-electron chi connectivity index (χ2n) is 4.68. The van der Waals surface area contributed by atoms with Crippen molar-refractivity contribution in [1.29, 1.82) is 0 Å². The first kappa shape index (κ1) is 12.4. The molecule has 0 bridgehead atoms. The molecule has 2 N–H and O–H groups in total. The van der Waals surface area contributed by atoms with Crippen LogP contribution in [0.2, 0.25) is 0 Å². The van der Waals surface area contributed by atoms with E-state index in [1.54, 1.807) is 7.11 Å². The first-order chi connectivity index (χ1) is 8.25. The Hall–Kier alpha value is -1.06. The van der Waals surface area contributed by atoms with E-state index in [0.29, 0.717) is 0 Å². The van der Waals surface area contributed by atoms with Crippen LogP contribution in [-0.2, 0) is 12.0 Å². The summed E-state index contributed by atoms with van der Waals surface area (Å²) in [7, 11) is 3.67. The normalized spacial score (nSPS) is 23.2. The molecule has 1 aliphatic rings. The highest BCUT2D eigenvalue weighted by Gasteiger charge is 2.34. The van der Waals surface area contributed by atoms with Crippen LogP contribution in [0, 0.1) is 0 Å². The highest BCUT2D eigenvalue weighted by atomic mass is 16.5. The molecule has 0 fully saturated rings. The molecule has 0 heterocycles. The fraction of sp³-hybridized carbons (Fsp3) is 0.571. The molecule has 0 radical (unpaired) electrons. The van der Waals surface area contributed by atoms with Gasteiger partial charge < -0.3 is 15.2 Å². The maximum Gasteiger partial charge on any atom is 0.119 e.